The molecule has 0 saturated heterocycles. The number of nitrogens with two attached hydrogens (primary N) is 1. The highest BCUT2D eigenvalue weighted by Crippen LogP contribution is 2.19. The van der Waals surface area contributed by atoms with Crippen molar-refractivity contribution in [2.75, 3.05) is 6.54 Å². The maximum absolute atomic E-state index is 12.3. The number of aryl methyl sites for hydroxylation is 1. The fraction of sp³-hybridized carbons (Fsp3) is 0.214. The predicted molar refractivity (Wildman–Crippen MR) is 68.1 cm³/mol. The van der Waals surface area contributed by atoms with E-state index in [9.17, 15) is 4.79 Å². The Morgan fingerprint density at radius 1 is 1.24 bits per heavy atom. The molecule has 1 heterocycles. The second kappa shape index (κ2) is 4.97. The highest BCUT2D eigenvalue weighted by Gasteiger charge is 2.21. The molecule has 88 valence electrons. The summed E-state index contributed by atoms with van der Waals surface area (Å²) in [6.07, 6.45) is 0. The van der Waals surface area contributed by atoms with Crippen molar-refractivity contribution >= 4 is 5.78 Å². The van der Waals surface area contributed by atoms with E-state index in [0.717, 1.165) is 11.3 Å². The number of nitrogens with one attached hydrogen (secondary N) is 1. The van der Waals surface area contributed by atoms with Gasteiger partial charge < -0.3 is 10.7 Å². The van der Waals surface area contributed by atoms with Crippen LogP contribution in [0, 0.1) is 6.92 Å². The summed E-state index contributed by atoms with van der Waals surface area (Å²) in [5, 5.41) is 0. The summed E-state index contributed by atoms with van der Waals surface area (Å²) >= 11 is 0. The molecule has 1 unspecified atom stereocenters. The number of Topliss-reactive ketones (excluding diaryl/α,β-unsaturated/α-hetero) is 1. The van der Waals surface area contributed by atoms with Crippen LogP contribution in [-0.4, -0.2) is 17.3 Å². The number of carbonyl (C=O) groups excluding carboxylic acids is 1. The smallest absolute Gasteiger partial charge is 0.187 e. The highest BCUT2D eigenvalue weighted by molar-refractivity contribution is 5.99. The maximum atomic E-state index is 12.3. The second-order valence-corrected chi connectivity index (χ2v) is 4.12. The Morgan fingerprint density at radius 2 is 1.94 bits per heavy atom. The summed E-state index contributed by atoms with van der Waals surface area (Å²) < 4.78 is 0. The summed E-state index contributed by atoms with van der Waals surface area (Å²) in [6.45, 7) is 2.25. The number of hydrogen-bond donors (Lipinski definition) is 2. The molecule has 3 heteroatoms. The van der Waals surface area contributed by atoms with Crippen molar-refractivity contribution in [3.8, 4) is 0 Å². The lowest BCUT2D eigenvalue weighted by atomic mass is 9.93. The molecule has 0 amide bonds. The molecule has 3 nitrogen and oxygen atoms in total. The van der Waals surface area contributed by atoms with Gasteiger partial charge in [-0.3, -0.25) is 4.79 Å². The third-order valence-electron chi connectivity index (χ3n) is 2.85. The minimum absolute atomic E-state index is 0.0480. The SMILES string of the molecule is Cc1ccc(C(=O)C(CN)c2ccccc2)[nH]1. The first kappa shape index (κ1) is 11.6. The summed E-state index contributed by atoms with van der Waals surface area (Å²) in [7, 11) is 0. The van der Waals surface area contributed by atoms with Crippen molar-refractivity contribution in [1.82, 2.24) is 4.98 Å². The molecular formula is C14H16N2O. The van der Waals surface area contributed by atoms with Crippen molar-refractivity contribution in [3.05, 3.63) is 59.4 Å². The number of H-pyrrole nitrogens is 1. The molecule has 17 heavy (non-hydrogen) atoms. The number of benzene rings is 1. The molecule has 1 aromatic carbocycles. The second-order valence-electron chi connectivity index (χ2n) is 4.12. The summed E-state index contributed by atoms with van der Waals surface area (Å²) in [5.74, 6) is -0.221. The zero-order valence-electron chi connectivity index (χ0n) is 9.81. The molecule has 2 rings (SSSR count). The lowest BCUT2D eigenvalue weighted by Crippen LogP contribution is -2.22. The molecule has 0 saturated carbocycles. The van der Waals surface area contributed by atoms with Gasteiger partial charge in [0.2, 0.25) is 0 Å². The van der Waals surface area contributed by atoms with E-state index in [1.165, 1.54) is 0 Å². The third kappa shape index (κ3) is 2.45. The van der Waals surface area contributed by atoms with Crippen LogP contribution < -0.4 is 5.73 Å². The van der Waals surface area contributed by atoms with E-state index in [1.807, 2.05) is 49.4 Å². The van der Waals surface area contributed by atoms with Crippen LogP contribution in [0.1, 0.15) is 27.7 Å². The van der Waals surface area contributed by atoms with Crippen molar-refractivity contribution in [1.29, 1.82) is 0 Å². The van der Waals surface area contributed by atoms with E-state index in [1.54, 1.807) is 0 Å². The molecule has 0 aliphatic carbocycles. The Balaban J connectivity index is 2.28. The van der Waals surface area contributed by atoms with Crippen LogP contribution in [0.15, 0.2) is 42.5 Å². The van der Waals surface area contributed by atoms with Crippen LogP contribution in [0.5, 0.6) is 0 Å². The van der Waals surface area contributed by atoms with Crippen LogP contribution in [-0.2, 0) is 0 Å². The van der Waals surface area contributed by atoms with Gasteiger partial charge in [0.1, 0.15) is 0 Å². The largest absolute Gasteiger partial charge is 0.356 e. The fourth-order valence-electron chi connectivity index (χ4n) is 1.92. The summed E-state index contributed by atoms with van der Waals surface area (Å²) in [4.78, 5) is 15.3. The Kier molecular flexibility index (Phi) is 3.40. The summed E-state index contributed by atoms with van der Waals surface area (Å²) in [5.41, 5.74) is 8.29. The number of carbonyl (C=O) groups is 1. The Morgan fingerprint density at radius 3 is 2.47 bits per heavy atom. The molecule has 1 atom stereocenters. The first-order valence-electron chi connectivity index (χ1n) is 5.67. The zero-order valence-corrected chi connectivity index (χ0v) is 9.81. The first-order chi connectivity index (χ1) is 8.22. The van der Waals surface area contributed by atoms with Crippen molar-refractivity contribution < 1.29 is 4.79 Å². The van der Waals surface area contributed by atoms with E-state index in [-0.39, 0.29) is 11.7 Å². The van der Waals surface area contributed by atoms with Crippen LogP contribution in [0.2, 0.25) is 0 Å². The van der Waals surface area contributed by atoms with Gasteiger partial charge in [-0.1, -0.05) is 30.3 Å². The molecule has 0 fully saturated rings. The van der Waals surface area contributed by atoms with Crippen molar-refractivity contribution in [2.24, 2.45) is 5.73 Å². The summed E-state index contributed by atoms with van der Waals surface area (Å²) in [6, 6.07) is 13.3. The Hall–Kier alpha value is -1.87. The fourth-order valence-corrected chi connectivity index (χ4v) is 1.92. The van der Waals surface area contributed by atoms with Crippen LogP contribution in [0.3, 0.4) is 0 Å². The number of aromatic nitrogens is 1. The Bertz CT molecular complexity index is 502. The molecule has 0 spiro atoms. The lowest BCUT2D eigenvalue weighted by molar-refractivity contribution is 0.0958. The average molecular weight is 228 g/mol. The molecule has 0 radical (unpaired) electrons. The minimum atomic E-state index is -0.269. The van der Waals surface area contributed by atoms with Gasteiger partial charge in [-0.15, -0.1) is 0 Å². The van der Waals surface area contributed by atoms with Gasteiger partial charge in [-0.2, -0.15) is 0 Å². The van der Waals surface area contributed by atoms with E-state index >= 15 is 0 Å². The van der Waals surface area contributed by atoms with Crippen LogP contribution in [0.25, 0.3) is 0 Å². The topological polar surface area (TPSA) is 58.9 Å². The standard InChI is InChI=1S/C14H16N2O/c1-10-7-8-13(16-10)14(17)12(9-15)11-5-3-2-4-6-11/h2-8,12,16H,9,15H2,1H3. The van der Waals surface area contributed by atoms with Crippen molar-refractivity contribution in [3.63, 3.8) is 0 Å². The molecule has 2 aromatic rings. The zero-order chi connectivity index (χ0) is 12.3. The van der Waals surface area contributed by atoms with Gasteiger partial charge in [0.25, 0.3) is 0 Å². The first-order valence-corrected chi connectivity index (χ1v) is 5.67. The highest BCUT2D eigenvalue weighted by atomic mass is 16.1. The number of ketones is 1. The van der Waals surface area contributed by atoms with Crippen LogP contribution >= 0.6 is 0 Å². The van der Waals surface area contributed by atoms with Gasteiger partial charge in [0.05, 0.1) is 11.6 Å². The average Bonchev–Trinajstić information content (AvgIpc) is 2.78. The Labute approximate surface area is 101 Å². The number of aromatic amines is 1. The maximum Gasteiger partial charge on any atom is 0.187 e. The van der Waals surface area contributed by atoms with Gasteiger partial charge in [-0.25, -0.2) is 0 Å². The van der Waals surface area contributed by atoms with Gasteiger partial charge >= 0.3 is 0 Å². The normalized spacial score (nSPS) is 12.4. The lowest BCUT2D eigenvalue weighted by Gasteiger charge is -2.12. The van der Waals surface area contributed by atoms with E-state index < -0.39 is 0 Å². The number of hydrogen-bond acceptors (Lipinski definition) is 2. The van der Waals surface area contributed by atoms with Crippen molar-refractivity contribution in [2.45, 2.75) is 12.8 Å². The van der Waals surface area contributed by atoms with E-state index in [4.69, 9.17) is 5.73 Å². The number of rotatable bonds is 4. The predicted octanol–water partition coefficient (Wildman–Crippen LogP) is 2.25. The van der Waals surface area contributed by atoms with E-state index in [0.29, 0.717) is 12.2 Å². The molecular weight excluding hydrogens is 212 g/mol. The molecule has 0 aliphatic heterocycles. The molecule has 0 aliphatic rings. The van der Waals surface area contributed by atoms with Gasteiger partial charge in [0.15, 0.2) is 5.78 Å². The van der Waals surface area contributed by atoms with Gasteiger partial charge in [-0.05, 0) is 24.6 Å². The monoisotopic (exact) mass is 228 g/mol. The molecule has 0 bridgehead atoms. The molecule has 3 N–H and O–H groups in total. The third-order valence-corrected chi connectivity index (χ3v) is 2.85. The van der Waals surface area contributed by atoms with E-state index in [2.05, 4.69) is 4.98 Å². The van der Waals surface area contributed by atoms with Crippen LogP contribution in [0.4, 0.5) is 0 Å². The minimum Gasteiger partial charge on any atom is -0.356 e. The molecule has 1 aromatic heterocycles. The van der Waals surface area contributed by atoms with Gasteiger partial charge in [0, 0.05) is 12.2 Å². The quantitative estimate of drug-likeness (QED) is 0.788.